The molecule has 0 bridgehead atoms. The van der Waals surface area contributed by atoms with E-state index < -0.39 is 0 Å². The standard InChI is InChI=1S/C14H15N3O2/c1-17-12-3-2-9(6-10(12)7-14(17)18)13-8-11(4-5-15)16-19-13/h2-3,6,8H,4-5,7,15H2,1H3. The van der Waals surface area contributed by atoms with Gasteiger partial charge in [-0.3, -0.25) is 4.79 Å². The van der Waals surface area contributed by atoms with E-state index in [0.29, 0.717) is 25.1 Å². The van der Waals surface area contributed by atoms with E-state index in [4.69, 9.17) is 10.3 Å². The largest absolute Gasteiger partial charge is 0.356 e. The van der Waals surface area contributed by atoms with Gasteiger partial charge in [0, 0.05) is 30.8 Å². The van der Waals surface area contributed by atoms with Crippen LogP contribution < -0.4 is 10.6 Å². The Labute approximate surface area is 111 Å². The van der Waals surface area contributed by atoms with Gasteiger partial charge in [0.25, 0.3) is 0 Å². The number of benzene rings is 1. The smallest absolute Gasteiger partial charge is 0.231 e. The second kappa shape index (κ2) is 4.51. The van der Waals surface area contributed by atoms with Crippen molar-refractivity contribution in [1.29, 1.82) is 0 Å². The molecule has 0 spiro atoms. The zero-order valence-electron chi connectivity index (χ0n) is 10.7. The Balaban J connectivity index is 1.94. The van der Waals surface area contributed by atoms with E-state index in [1.165, 1.54) is 0 Å². The third-order valence-corrected chi connectivity index (χ3v) is 3.40. The fourth-order valence-electron chi connectivity index (χ4n) is 2.34. The Bertz CT molecular complexity index is 633. The average molecular weight is 257 g/mol. The first-order chi connectivity index (χ1) is 9.19. The lowest BCUT2D eigenvalue weighted by Crippen LogP contribution is -2.20. The highest BCUT2D eigenvalue weighted by Crippen LogP contribution is 2.32. The van der Waals surface area contributed by atoms with E-state index in [-0.39, 0.29) is 5.91 Å². The lowest BCUT2D eigenvalue weighted by atomic mass is 10.1. The van der Waals surface area contributed by atoms with Crippen LogP contribution >= 0.6 is 0 Å². The van der Waals surface area contributed by atoms with Gasteiger partial charge in [0.1, 0.15) is 0 Å². The van der Waals surface area contributed by atoms with Gasteiger partial charge in [-0.1, -0.05) is 5.16 Å². The molecular weight excluding hydrogens is 242 g/mol. The molecule has 2 N–H and O–H groups in total. The summed E-state index contributed by atoms with van der Waals surface area (Å²) < 4.78 is 5.31. The quantitative estimate of drug-likeness (QED) is 0.901. The van der Waals surface area contributed by atoms with Crippen molar-refractivity contribution in [1.82, 2.24) is 5.16 Å². The summed E-state index contributed by atoms with van der Waals surface area (Å²) in [4.78, 5) is 13.3. The highest BCUT2D eigenvalue weighted by atomic mass is 16.5. The average Bonchev–Trinajstić information content (AvgIpc) is 2.96. The molecule has 19 heavy (non-hydrogen) atoms. The van der Waals surface area contributed by atoms with Crippen molar-refractivity contribution in [2.45, 2.75) is 12.8 Å². The van der Waals surface area contributed by atoms with Crippen molar-refractivity contribution in [3.05, 3.63) is 35.5 Å². The normalized spacial score (nSPS) is 14.0. The van der Waals surface area contributed by atoms with E-state index in [0.717, 1.165) is 22.5 Å². The van der Waals surface area contributed by atoms with Crippen molar-refractivity contribution >= 4 is 11.6 Å². The molecule has 0 atom stereocenters. The van der Waals surface area contributed by atoms with Crippen LogP contribution in [0.4, 0.5) is 5.69 Å². The van der Waals surface area contributed by atoms with Crippen molar-refractivity contribution in [2.75, 3.05) is 18.5 Å². The summed E-state index contributed by atoms with van der Waals surface area (Å²) in [5.41, 5.74) is 9.28. The fourth-order valence-corrected chi connectivity index (χ4v) is 2.34. The number of rotatable bonds is 3. The van der Waals surface area contributed by atoms with Crippen molar-refractivity contribution in [2.24, 2.45) is 5.73 Å². The van der Waals surface area contributed by atoms with Gasteiger partial charge in [-0.15, -0.1) is 0 Å². The fraction of sp³-hybridized carbons (Fsp3) is 0.286. The van der Waals surface area contributed by atoms with Gasteiger partial charge in [0.05, 0.1) is 12.1 Å². The zero-order valence-corrected chi connectivity index (χ0v) is 10.7. The first-order valence-electron chi connectivity index (χ1n) is 6.24. The Morgan fingerprint density at radius 2 is 2.26 bits per heavy atom. The molecule has 5 heteroatoms. The second-order valence-electron chi connectivity index (χ2n) is 4.69. The van der Waals surface area contributed by atoms with Crippen molar-refractivity contribution in [3.8, 4) is 11.3 Å². The van der Waals surface area contributed by atoms with Crippen molar-refractivity contribution < 1.29 is 9.32 Å². The zero-order chi connectivity index (χ0) is 13.4. The molecular formula is C14H15N3O2. The molecule has 3 rings (SSSR count). The maximum absolute atomic E-state index is 11.6. The van der Waals surface area contributed by atoms with Gasteiger partial charge in [0.2, 0.25) is 5.91 Å². The minimum absolute atomic E-state index is 0.119. The molecule has 0 saturated carbocycles. The number of likely N-dealkylation sites (N-methyl/N-ethyl adjacent to an activating group) is 1. The molecule has 0 aliphatic carbocycles. The summed E-state index contributed by atoms with van der Waals surface area (Å²) in [6, 6.07) is 7.78. The van der Waals surface area contributed by atoms with Crippen LogP contribution in [0.3, 0.4) is 0 Å². The molecule has 1 aliphatic heterocycles. The first-order valence-corrected chi connectivity index (χ1v) is 6.24. The number of amides is 1. The predicted octanol–water partition coefficient (Wildman–Crippen LogP) is 1.36. The van der Waals surface area contributed by atoms with Crippen LogP contribution in [-0.4, -0.2) is 24.7 Å². The summed E-state index contributed by atoms with van der Waals surface area (Å²) in [6.07, 6.45) is 1.15. The predicted molar refractivity (Wildman–Crippen MR) is 71.8 cm³/mol. The van der Waals surface area contributed by atoms with Gasteiger partial charge in [-0.25, -0.2) is 0 Å². The molecule has 2 heterocycles. The van der Waals surface area contributed by atoms with E-state index >= 15 is 0 Å². The minimum atomic E-state index is 0.119. The number of anilines is 1. The van der Waals surface area contributed by atoms with E-state index in [2.05, 4.69) is 5.16 Å². The van der Waals surface area contributed by atoms with E-state index in [9.17, 15) is 4.79 Å². The van der Waals surface area contributed by atoms with Gasteiger partial charge < -0.3 is 15.2 Å². The first kappa shape index (κ1) is 11.9. The highest BCUT2D eigenvalue weighted by molar-refractivity contribution is 6.01. The van der Waals surface area contributed by atoms with Crippen molar-refractivity contribution in [3.63, 3.8) is 0 Å². The monoisotopic (exact) mass is 257 g/mol. The molecule has 1 amide bonds. The molecule has 1 aliphatic rings. The topological polar surface area (TPSA) is 72.4 Å². The van der Waals surface area contributed by atoms with Crippen LogP contribution in [0.2, 0.25) is 0 Å². The summed E-state index contributed by atoms with van der Waals surface area (Å²) in [5.74, 6) is 0.835. The summed E-state index contributed by atoms with van der Waals surface area (Å²) >= 11 is 0. The van der Waals surface area contributed by atoms with Crippen LogP contribution in [0.25, 0.3) is 11.3 Å². The Hall–Kier alpha value is -2.14. The number of carbonyl (C=O) groups excluding carboxylic acids is 1. The van der Waals surface area contributed by atoms with Crippen LogP contribution in [0, 0.1) is 0 Å². The maximum atomic E-state index is 11.6. The van der Waals surface area contributed by atoms with Gasteiger partial charge >= 0.3 is 0 Å². The molecule has 0 saturated heterocycles. The highest BCUT2D eigenvalue weighted by Gasteiger charge is 2.24. The van der Waals surface area contributed by atoms with Crippen LogP contribution in [0.5, 0.6) is 0 Å². The Morgan fingerprint density at radius 3 is 3.05 bits per heavy atom. The third-order valence-electron chi connectivity index (χ3n) is 3.40. The molecule has 1 aromatic carbocycles. The molecule has 5 nitrogen and oxygen atoms in total. The molecule has 2 aromatic rings. The number of nitrogens with zero attached hydrogens (tertiary/aromatic N) is 2. The third kappa shape index (κ3) is 2.02. The molecule has 0 unspecified atom stereocenters. The van der Waals surface area contributed by atoms with Gasteiger partial charge in [0.15, 0.2) is 5.76 Å². The van der Waals surface area contributed by atoms with E-state index in [1.807, 2.05) is 24.3 Å². The Kier molecular flexibility index (Phi) is 2.83. The number of hydrogen-bond acceptors (Lipinski definition) is 4. The molecule has 98 valence electrons. The molecule has 0 fully saturated rings. The number of nitrogens with two attached hydrogens (primary N) is 1. The minimum Gasteiger partial charge on any atom is -0.356 e. The van der Waals surface area contributed by atoms with Gasteiger partial charge in [-0.2, -0.15) is 0 Å². The molecule has 0 radical (unpaired) electrons. The number of fused-ring (bicyclic) bond motifs is 1. The number of hydrogen-bond donors (Lipinski definition) is 1. The van der Waals surface area contributed by atoms with Crippen LogP contribution in [0.1, 0.15) is 11.3 Å². The van der Waals surface area contributed by atoms with Crippen LogP contribution in [-0.2, 0) is 17.6 Å². The lowest BCUT2D eigenvalue weighted by molar-refractivity contribution is -0.117. The summed E-state index contributed by atoms with van der Waals surface area (Å²) in [6.45, 7) is 0.551. The molecule has 1 aromatic heterocycles. The van der Waals surface area contributed by atoms with Crippen LogP contribution in [0.15, 0.2) is 28.8 Å². The SMILES string of the molecule is CN1C(=O)Cc2cc(-c3cc(CCN)no3)ccc21. The Morgan fingerprint density at radius 1 is 1.42 bits per heavy atom. The van der Waals surface area contributed by atoms with E-state index in [1.54, 1.807) is 11.9 Å². The van der Waals surface area contributed by atoms with Gasteiger partial charge in [-0.05, 0) is 30.3 Å². The maximum Gasteiger partial charge on any atom is 0.231 e. The lowest BCUT2D eigenvalue weighted by Gasteiger charge is -2.09. The number of aromatic nitrogens is 1. The summed E-state index contributed by atoms with van der Waals surface area (Å²) in [5, 5.41) is 3.97. The number of carbonyl (C=O) groups is 1. The second-order valence-corrected chi connectivity index (χ2v) is 4.69. The summed E-state index contributed by atoms with van der Waals surface area (Å²) in [7, 11) is 1.79.